The van der Waals surface area contributed by atoms with E-state index < -0.39 is 0 Å². The van der Waals surface area contributed by atoms with Crippen molar-refractivity contribution in [1.29, 1.82) is 0 Å². The summed E-state index contributed by atoms with van der Waals surface area (Å²) in [5.41, 5.74) is 2.45. The van der Waals surface area contributed by atoms with Crippen molar-refractivity contribution in [1.82, 2.24) is 20.2 Å². The first kappa shape index (κ1) is 21.0. The van der Waals surface area contributed by atoms with E-state index in [4.69, 9.17) is 0 Å². The van der Waals surface area contributed by atoms with Crippen molar-refractivity contribution in [2.24, 2.45) is 0 Å². The summed E-state index contributed by atoms with van der Waals surface area (Å²) < 4.78 is 14.2. The first-order valence-corrected chi connectivity index (χ1v) is 10.3. The molecule has 2 heterocycles. The predicted octanol–water partition coefficient (Wildman–Crippen LogP) is 3.46. The minimum absolute atomic E-state index is 0.000251. The molecule has 2 aromatic rings. The summed E-state index contributed by atoms with van der Waals surface area (Å²) >= 11 is 0. The Morgan fingerprint density at radius 1 is 1.14 bits per heavy atom. The molecule has 0 atom stereocenters. The third-order valence-electron chi connectivity index (χ3n) is 5.30. The third kappa shape index (κ3) is 5.22. The number of anilines is 1. The molecule has 1 aromatic heterocycles. The minimum atomic E-state index is -0.216. The number of nitrogens with zero attached hydrogens (tertiary/aromatic N) is 4. The van der Waals surface area contributed by atoms with Crippen molar-refractivity contribution in [3.8, 4) is 0 Å². The molecule has 29 heavy (non-hydrogen) atoms. The van der Waals surface area contributed by atoms with Gasteiger partial charge in [-0.25, -0.2) is 19.2 Å². The zero-order valence-corrected chi connectivity index (χ0v) is 17.5. The van der Waals surface area contributed by atoms with Crippen molar-refractivity contribution in [2.45, 2.75) is 40.0 Å². The molecule has 1 saturated heterocycles. The van der Waals surface area contributed by atoms with Crippen molar-refractivity contribution in [2.75, 3.05) is 37.6 Å². The van der Waals surface area contributed by atoms with Gasteiger partial charge in [-0.1, -0.05) is 31.5 Å². The van der Waals surface area contributed by atoms with E-state index in [9.17, 15) is 9.18 Å². The van der Waals surface area contributed by atoms with Crippen molar-refractivity contribution in [3.05, 3.63) is 52.7 Å². The molecule has 7 heteroatoms. The Kier molecular flexibility index (Phi) is 7.01. The van der Waals surface area contributed by atoms with Crippen LogP contribution >= 0.6 is 0 Å². The number of hydrogen-bond donors (Lipinski definition) is 1. The summed E-state index contributed by atoms with van der Waals surface area (Å²) in [5.74, 6) is 1.34. The van der Waals surface area contributed by atoms with Crippen LogP contribution < -0.4 is 10.2 Å². The highest BCUT2D eigenvalue weighted by molar-refractivity contribution is 5.74. The standard InChI is InChI=1S/C22H30FN5O/c1-4-5-10-24-22(29)28-13-11-27(12-14-28)21-19(16(2)25-17(3)26-21)15-18-8-6-7-9-20(18)23/h6-9H,4-5,10-15H2,1-3H3,(H,24,29). The number of hydrogen-bond acceptors (Lipinski definition) is 4. The maximum atomic E-state index is 14.2. The third-order valence-corrected chi connectivity index (χ3v) is 5.30. The lowest BCUT2D eigenvalue weighted by Crippen LogP contribution is -2.52. The van der Waals surface area contributed by atoms with Crippen LogP contribution in [-0.2, 0) is 6.42 Å². The summed E-state index contributed by atoms with van der Waals surface area (Å²) in [6, 6.07) is 6.83. The quantitative estimate of drug-likeness (QED) is 0.756. The number of aromatic nitrogens is 2. The highest BCUT2D eigenvalue weighted by atomic mass is 19.1. The van der Waals surface area contributed by atoms with Gasteiger partial charge in [-0.3, -0.25) is 0 Å². The van der Waals surface area contributed by atoms with Gasteiger partial charge in [0.15, 0.2) is 0 Å². The van der Waals surface area contributed by atoms with E-state index in [0.717, 1.165) is 29.9 Å². The Bertz CT molecular complexity index is 849. The summed E-state index contributed by atoms with van der Waals surface area (Å²) in [6.45, 7) is 9.32. The van der Waals surface area contributed by atoms with E-state index in [1.165, 1.54) is 6.07 Å². The summed E-state index contributed by atoms with van der Waals surface area (Å²) in [6.07, 6.45) is 2.50. The zero-order chi connectivity index (χ0) is 20.8. The normalized spacial score (nSPS) is 14.2. The van der Waals surface area contributed by atoms with Crippen LogP contribution in [0.15, 0.2) is 24.3 Å². The van der Waals surface area contributed by atoms with Crippen LogP contribution in [0.1, 0.15) is 42.4 Å². The largest absolute Gasteiger partial charge is 0.353 e. The number of aryl methyl sites for hydroxylation is 2. The van der Waals surface area contributed by atoms with E-state index >= 15 is 0 Å². The summed E-state index contributed by atoms with van der Waals surface area (Å²) in [7, 11) is 0. The molecule has 6 nitrogen and oxygen atoms in total. The number of rotatable bonds is 6. The van der Waals surface area contributed by atoms with Gasteiger partial charge in [0.25, 0.3) is 0 Å². The second-order valence-corrected chi connectivity index (χ2v) is 7.49. The number of amides is 2. The fraction of sp³-hybridized carbons (Fsp3) is 0.500. The minimum Gasteiger partial charge on any atom is -0.353 e. The van der Waals surface area contributed by atoms with Crippen molar-refractivity contribution >= 4 is 11.8 Å². The lowest BCUT2D eigenvalue weighted by Gasteiger charge is -2.36. The number of unbranched alkanes of at least 4 members (excludes halogenated alkanes) is 1. The second kappa shape index (κ2) is 9.67. The van der Waals surface area contributed by atoms with Gasteiger partial charge >= 0.3 is 6.03 Å². The Hall–Kier alpha value is -2.70. The van der Waals surface area contributed by atoms with Crippen LogP contribution in [0.3, 0.4) is 0 Å². The molecule has 0 bridgehead atoms. The van der Waals surface area contributed by atoms with E-state index in [0.29, 0.717) is 50.5 Å². The molecule has 156 valence electrons. The van der Waals surface area contributed by atoms with Crippen LogP contribution in [0.4, 0.5) is 15.0 Å². The highest BCUT2D eigenvalue weighted by Crippen LogP contribution is 2.26. The van der Waals surface area contributed by atoms with Crippen LogP contribution in [0.25, 0.3) is 0 Å². The van der Waals surface area contributed by atoms with Gasteiger partial charge in [0, 0.05) is 50.4 Å². The number of carbonyl (C=O) groups is 1. The molecule has 1 aliphatic heterocycles. The number of halogens is 1. The molecule has 0 spiro atoms. The topological polar surface area (TPSA) is 61.4 Å². The molecular weight excluding hydrogens is 369 g/mol. The lowest BCUT2D eigenvalue weighted by atomic mass is 10.0. The van der Waals surface area contributed by atoms with Gasteiger partial charge in [0.05, 0.1) is 0 Å². The molecule has 1 fully saturated rings. The highest BCUT2D eigenvalue weighted by Gasteiger charge is 2.25. The zero-order valence-electron chi connectivity index (χ0n) is 17.5. The molecule has 0 saturated carbocycles. The number of benzene rings is 1. The number of carbonyl (C=O) groups excluding carboxylic acids is 1. The molecule has 0 radical (unpaired) electrons. The molecule has 0 aliphatic carbocycles. The van der Waals surface area contributed by atoms with Crippen LogP contribution in [0.2, 0.25) is 0 Å². The molecule has 0 unspecified atom stereocenters. The van der Waals surface area contributed by atoms with E-state index in [-0.39, 0.29) is 11.8 Å². The van der Waals surface area contributed by atoms with Gasteiger partial charge in [-0.2, -0.15) is 0 Å². The first-order valence-electron chi connectivity index (χ1n) is 10.3. The lowest BCUT2D eigenvalue weighted by molar-refractivity contribution is 0.194. The van der Waals surface area contributed by atoms with E-state index in [1.807, 2.05) is 24.8 Å². The maximum Gasteiger partial charge on any atom is 0.317 e. The van der Waals surface area contributed by atoms with Gasteiger partial charge < -0.3 is 15.1 Å². The van der Waals surface area contributed by atoms with Crippen molar-refractivity contribution < 1.29 is 9.18 Å². The van der Waals surface area contributed by atoms with Crippen molar-refractivity contribution in [3.63, 3.8) is 0 Å². The molecular formula is C22H30FN5O. The Labute approximate surface area is 172 Å². The number of urea groups is 1. The fourth-order valence-corrected chi connectivity index (χ4v) is 3.62. The average Bonchev–Trinajstić information content (AvgIpc) is 2.71. The summed E-state index contributed by atoms with van der Waals surface area (Å²) in [4.78, 5) is 25.5. The predicted molar refractivity (Wildman–Crippen MR) is 113 cm³/mol. The van der Waals surface area contributed by atoms with Crippen LogP contribution in [0.5, 0.6) is 0 Å². The first-order chi connectivity index (χ1) is 14.0. The fourth-order valence-electron chi connectivity index (χ4n) is 3.62. The monoisotopic (exact) mass is 399 g/mol. The molecule has 1 aromatic carbocycles. The Morgan fingerprint density at radius 2 is 1.86 bits per heavy atom. The molecule has 2 amide bonds. The SMILES string of the molecule is CCCCNC(=O)N1CCN(c2nc(C)nc(C)c2Cc2ccccc2F)CC1. The van der Waals surface area contributed by atoms with Gasteiger partial charge in [0.2, 0.25) is 0 Å². The Balaban J connectivity index is 1.74. The van der Waals surface area contributed by atoms with Crippen LogP contribution in [0, 0.1) is 19.7 Å². The van der Waals surface area contributed by atoms with E-state index in [1.54, 1.807) is 12.1 Å². The number of piperazine rings is 1. The van der Waals surface area contributed by atoms with Gasteiger partial charge in [-0.05, 0) is 31.9 Å². The smallest absolute Gasteiger partial charge is 0.317 e. The van der Waals surface area contributed by atoms with E-state index in [2.05, 4.69) is 27.1 Å². The molecule has 1 N–H and O–H groups in total. The summed E-state index contributed by atoms with van der Waals surface area (Å²) in [5, 5.41) is 2.98. The average molecular weight is 400 g/mol. The Morgan fingerprint density at radius 3 is 2.55 bits per heavy atom. The van der Waals surface area contributed by atoms with Gasteiger partial charge in [0.1, 0.15) is 17.5 Å². The van der Waals surface area contributed by atoms with Gasteiger partial charge in [-0.15, -0.1) is 0 Å². The molecule has 3 rings (SSSR count). The maximum absolute atomic E-state index is 14.2. The number of nitrogens with one attached hydrogen (secondary N) is 1. The molecule has 1 aliphatic rings. The van der Waals surface area contributed by atoms with Crippen LogP contribution in [-0.4, -0.2) is 53.6 Å². The second-order valence-electron chi connectivity index (χ2n) is 7.49.